The minimum absolute atomic E-state index is 0. The predicted molar refractivity (Wildman–Crippen MR) is 59.2 cm³/mol. The Hall–Kier alpha value is -0.210. The molecule has 7 heteroatoms. The molecule has 0 aliphatic heterocycles. The van der Waals surface area contributed by atoms with Crippen molar-refractivity contribution in [3.63, 3.8) is 0 Å². The summed E-state index contributed by atoms with van der Waals surface area (Å²) < 4.78 is 37.1. The third-order valence-electron chi connectivity index (χ3n) is 1.45. The summed E-state index contributed by atoms with van der Waals surface area (Å²) in [6, 6.07) is 3.35. The summed E-state index contributed by atoms with van der Waals surface area (Å²) in [7, 11) is 0. The van der Waals surface area contributed by atoms with E-state index in [1.54, 1.807) is 0 Å². The van der Waals surface area contributed by atoms with Crippen LogP contribution in [0.4, 0.5) is 18.9 Å². The topological polar surface area (TPSA) is 38.0 Å². The molecule has 0 unspecified atom stereocenters. The molecule has 0 heterocycles. The molecule has 0 saturated carbocycles. The number of hydrogen-bond donors (Lipinski definition) is 2. The van der Waals surface area contributed by atoms with Crippen LogP contribution in [0, 0.1) is 3.57 Å². The molecule has 0 aromatic heterocycles. The Bertz CT molecular complexity index is 316. The number of benzene rings is 1. The van der Waals surface area contributed by atoms with Gasteiger partial charge in [0.05, 0.1) is 11.3 Å². The van der Waals surface area contributed by atoms with E-state index in [4.69, 9.17) is 5.84 Å². The zero-order valence-electron chi connectivity index (χ0n) is 6.73. The van der Waals surface area contributed by atoms with E-state index in [0.29, 0.717) is 3.57 Å². The highest BCUT2D eigenvalue weighted by molar-refractivity contribution is 14.1. The molecule has 0 radical (unpaired) electrons. The van der Waals surface area contributed by atoms with Crippen molar-refractivity contribution in [2.24, 2.45) is 5.84 Å². The molecular formula is C7H7ClF3IN2. The molecule has 3 N–H and O–H groups in total. The first-order valence-electron chi connectivity index (χ1n) is 3.28. The van der Waals surface area contributed by atoms with Crippen LogP contribution in [0.15, 0.2) is 18.2 Å². The number of nitrogens with two attached hydrogens (primary N) is 1. The normalized spacial score (nSPS) is 10.6. The number of anilines is 1. The number of rotatable bonds is 1. The lowest BCUT2D eigenvalue weighted by molar-refractivity contribution is -0.137. The number of alkyl halides is 3. The molecule has 2 nitrogen and oxygen atoms in total. The van der Waals surface area contributed by atoms with Gasteiger partial charge >= 0.3 is 6.18 Å². The summed E-state index contributed by atoms with van der Waals surface area (Å²) in [5, 5.41) is 0. The lowest BCUT2D eigenvalue weighted by atomic mass is 10.2. The van der Waals surface area contributed by atoms with Crippen molar-refractivity contribution in [3.8, 4) is 0 Å². The third-order valence-corrected chi connectivity index (χ3v) is 2.39. The highest BCUT2D eigenvalue weighted by Gasteiger charge is 2.30. The fraction of sp³-hybridized carbons (Fsp3) is 0.143. The van der Waals surface area contributed by atoms with Crippen molar-refractivity contribution < 1.29 is 13.2 Å². The molecule has 0 saturated heterocycles. The van der Waals surface area contributed by atoms with Gasteiger partial charge < -0.3 is 5.43 Å². The zero-order chi connectivity index (χ0) is 10.1. The van der Waals surface area contributed by atoms with Crippen molar-refractivity contribution >= 4 is 40.7 Å². The van der Waals surface area contributed by atoms with Gasteiger partial charge in [-0.15, -0.1) is 12.4 Å². The summed E-state index contributed by atoms with van der Waals surface area (Å²) in [4.78, 5) is 0. The van der Waals surface area contributed by atoms with Crippen molar-refractivity contribution in [1.82, 2.24) is 0 Å². The second-order valence-corrected chi connectivity index (χ2v) is 3.50. The monoisotopic (exact) mass is 338 g/mol. The zero-order valence-corrected chi connectivity index (χ0v) is 9.70. The van der Waals surface area contributed by atoms with Crippen LogP contribution in [-0.2, 0) is 6.18 Å². The maximum atomic E-state index is 12.2. The molecule has 0 spiro atoms. The fourth-order valence-corrected chi connectivity index (χ4v) is 1.30. The minimum Gasteiger partial charge on any atom is -0.323 e. The van der Waals surface area contributed by atoms with Crippen LogP contribution in [0.5, 0.6) is 0 Å². The Labute approximate surface area is 98.6 Å². The number of halogens is 5. The summed E-state index contributed by atoms with van der Waals surface area (Å²) in [5.74, 6) is 5.04. The van der Waals surface area contributed by atoms with E-state index < -0.39 is 11.7 Å². The summed E-state index contributed by atoms with van der Waals surface area (Å²) in [6.07, 6.45) is -4.32. The van der Waals surface area contributed by atoms with Crippen molar-refractivity contribution in [2.75, 3.05) is 5.43 Å². The molecule has 0 atom stereocenters. The van der Waals surface area contributed by atoms with Crippen molar-refractivity contribution in [3.05, 3.63) is 27.3 Å². The molecule has 14 heavy (non-hydrogen) atoms. The summed E-state index contributed by atoms with van der Waals surface area (Å²) in [5.41, 5.74) is 1.77. The maximum Gasteiger partial charge on any atom is 0.416 e. The van der Waals surface area contributed by atoms with E-state index >= 15 is 0 Å². The maximum absolute atomic E-state index is 12.2. The molecule has 80 valence electrons. The van der Waals surface area contributed by atoms with Crippen LogP contribution < -0.4 is 11.3 Å². The smallest absolute Gasteiger partial charge is 0.323 e. The van der Waals surface area contributed by atoms with Crippen LogP contribution in [0.1, 0.15) is 5.56 Å². The first-order chi connectivity index (χ1) is 5.95. The van der Waals surface area contributed by atoms with Gasteiger partial charge in [0.2, 0.25) is 0 Å². The van der Waals surface area contributed by atoms with E-state index in [9.17, 15) is 13.2 Å². The number of nitrogen functional groups attached to an aromatic ring is 1. The molecular weight excluding hydrogens is 331 g/mol. The quantitative estimate of drug-likeness (QED) is 0.469. The van der Waals surface area contributed by atoms with Gasteiger partial charge in [0.15, 0.2) is 0 Å². The predicted octanol–water partition coefficient (Wildman–Crippen LogP) is 3.02. The Kier molecular flexibility index (Phi) is 4.96. The summed E-state index contributed by atoms with van der Waals surface area (Å²) in [6.45, 7) is 0. The Morgan fingerprint density at radius 1 is 1.29 bits per heavy atom. The number of nitrogens with one attached hydrogen (secondary N) is 1. The van der Waals surface area contributed by atoms with Gasteiger partial charge in [0.1, 0.15) is 0 Å². The Morgan fingerprint density at radius 3 is 2.29 bits per heavy atom. The van der Waals surface area contributed by atoms with Crippen LogP contribution >= 0.6 is 35.0 Å². The molecule has 1 aromatic carbocycles. The Balaban J connectivity index is 0.00000169. The Morgan fingerprint density at radius 2 is 1.86 bits per heavy atom. The second-order valence-electron chi connectivity index (χ2n) is 2.34. The van der Waals surface area contributed by atoms with E-state index in [1.807, 2.05) is 22.6 Å². The van der Waals surface area contributed by atoms with Gasteiger partial charge in [-0.25, -0.2) is 0 Å². The molecule has 1 rings (SSSR count). The van der Waals surface area contributed by atoms with Crippen LogP contribution in [0.2, 0.25) is 0 Å². The molecule has 0 fully saturated rings. The lowest BCUT2D eigenvalue weighted by Gasteiger charge is -2.09. The van der Waals surface area contributed by atoms with Gasteiger partial charge in [0, 0.05) is 3.57 Å². The SMILES string of the molecule is Cl.NNc1cc(C(F)(F)F)ccc1I. The third kappa shape index (κ3) is 3.18. The summed E-state index contributed by atoms with van der Waals surface area (Å²) >= 11 is 1.90. The molecule has 0 amide bonds. The van der Waals surface area contributed by atoms with Crippen LogP contribution in [0.3, 0.4) is 0 Å². The highest BCUT2D eigenvalue weighted by atomic mass is 127. The standard InChI is InChI=1S/C7H6F3IN2.ClH/c8-7(9,10)4-1-2-5(11)6(3-4)13-12;/h1-3,13H,12H2;1H. The van der Waals surface area contributed by atoms with E-state index in [0.717, 1.165) is 12.1 Å². The van der Waals surface area contributed by atoms with E-state index in [2.05, 4.69) is 5.43 Å². The van der Waals surface area contributed by atoms with Crippen molar-refractivity contribution in [1.29, 1.82) is 0 Å². The second kappa shape index (κ2) is 5.04. The molecule has 1 aromatic rings. The van der Waals surface area contributed by atoms with Crippen LogP contribution in [0.25, 0.3) is 0 Å². The lowest BCUT2D eigenvalue weighted by Crippen LogP contribution is -2.11. The fourth-order valence-electron chi connectivity index (χ4n) is 0.812. The average molecular weight is 338 g/mol. The average Bonchev–Trinajstić information content (AvgIpc) is 2.03. The van der Waals surface area contributed by atoms with E-state index in [1.165, 1.54) is 6.07 Å². The molecule has 0 bridgehead atoms. The van der Waals surface area contributed by atoms with Gasteiger partial charge in [-0.05, 0) is 40.8 Å². The molecule has 0 aliphatic carbocycles. The number of hydrazine groups is 1. The first-order valence-corrected chi connectivity index (χ1v) is 4.36. The van der Waals surface area contributed by atoms with Gasteiger partial charge in [-0.3, -0.25) is 5.84 Å². The van der Waals surface area contributed by atoms with E-state index in [-0.39, 0.29) is 18.1 Å². The van der Waals surface area contributed by atoms with Gasteiger partial charge in [-0.1, -0.05) is 0 Å². The molecule has 0 aliphatic rings. The number of hydrogen-bond acceptors (Lipinski definition) is 2. The van der Waals surface area contributed by atoms with Gasteiger partial charge in [0.25, 0.3) is 0 Å². The van der Waals surface area contributed by atoms with Crippen molar-refractivity contribution in [2.45, 2.75) is 6.18 Å². The first kappa shape index (κ1) is 13.8. The largest absolute Gasteiger partial charge is 0.416 e. The van der Waals surface area contributed by atoms with Gasteiger partial charge in [-0.2, -0.15) is 13.2 Å². The minimum atomic E-state index is -4.32. The van der Waals surface area contributed by atoms with Crippen LogP contribution in [-0.4, -0.2) is 0 Å². The highest BCUT2D eigenvalue weighted by Crippen LogP contribution is 2.32.